The van der Waals surface area contributed by atoms with Crippen molar-refractivity contribution in [3.05, 3.63) is 66.0 Å². The smallest absolute Gasteiger partial charge is 0.311 e. The lowest BCUT2D eigenvalue weighted by Crippen LogP contribution is -2.46. The molecule has 1 aromatic heterocycles. The van der Waals surface area contributed by atoms with Gasteiger partial charge < -0.3 is 14.4 Å². The largest absolute Gasteiger partial charge is 0.497 e. The summed E-state index contributed by atoms with van der Waals surface area (Å²) in [6.45, 7) is 2.66. The average molecular weight is 450 g/mol. The molecule has 2 heterocycles. The molecule has 0 aliphatic carbocycles. The summed E-state index contributed by atoms with van der Waals surface area (Å²) in [7, 11) is 1.59. The molecular weight excluding hydrogens is 422 g/mol. The maximum Gasteiger partial charge on any atom is 0.311 e. The number of carbonyl (C=O) groups is 2. The van der Waals surface area contributed by atoms with Crippen molar-refractivity contribution in [2.24, 2.45) is 5.92 Å². The third-order valence-corrected chi connectivity index (χ3v) is 5.78. The standard InChI is InChI=1S/C24H27N5O4/c1-3-15-28-21(25-26-27-28)16-33-24(31)20-13-14-22(30)29(18-9-11-19(32-2)12-10-18)23(20)17-7-5-4-6-8-17/h4-12,20,23H,3,13-16H2,1-2H3. The van der Waals surface area contributed by atoms with Crippen LogP contribution in [0.4, 0.5) is 5.69 Å². The van der Waals surface area contributed by atoms with Crippen molar-refractivity contribution in [3.63, 3.8) is 0 Å². The number of nitrogens with zero attached hydrogens (tertiary/aromatic N) is 5. The molecule has 33 heavy (non-hydrogen) atoms. The number of methoxy groups -OCH3 is 1. The van der Waals surface area contributed by atoms with E-state index in [1.54, 1.807) is 28.8 Å². The van der Waals surface area contributed by atoms with Crippen LogP contribution in [-0.4, -0.2) is 39.2 Å². The van der Waals surface area contributed by atoms with Gasteiger partial charge in [0.15, 0.2) is 12.4 Å². The van der Waals surface area contributed by atoms with E-state index in [1.165, 1.54) is 0 Å². The Labute approximate surface area is 192 Å². The molecule has 0 saturated carbocycles. The number of rotatable bonds is 8. The second-order valence-corrected chi connectivity index (χ2v) is 7.89. The van der Waals surface area contributed by atoms with Crippen molar-refractivity contribution < 1.29 is 19.1 Å². The normalized spacial score (nSPS) is 18.2. The molecule has 0 N–H and O–H groups in total. The van der Waals surface area contributed by atoms with E-state index in [4.69, 9.17) is 9.47 Å². The Balaban J connectivity index is 1.62. The van der Waals surface area contributed by atoms with Crippen LogP contribution in [0.15, 0.2) is 54.6 Å². The first-order valence-corrected chi connectivity index (χ1v) is 11.0. The van der Waals surface area contributed by atoms with Crippen LogP contribution in [0.3, 0.4) is 0 Å². The molecule has 0 radical (unpaired) electrons. The number of aromatic nitrogens is 4. The lowest BCUT2D eigenvalue weighted by atomic mass is 9.84. The maximum atomic E-state index is 13.3. The SMILES string of the molecule is CCCn1nnnc1COC(=O)C1CCC(=O)N(c2ccc(OC)cc2)C1c1ccccc1. The van der Waals surface area contributed by atoms with Gasteiger partial charge in [-0.05, 0) is 53.1 Å². The Kier molecular flexibility index (Phi) is 6.97. The minimum absolute atomic E-state index is 0.0136. The van der Waals surface area contributed by atoms with Crippen molar-refractivity contribution in [2.45, 2.75) is 45.4 Å². The molecule has 1 aliphatic rings. The zero-order valence-electron chi connectivity index (χ0n) is 18.8. The lowest BCUT2D eigenvalue weighted by molar-refractivity contribution is -0.152. The molecule has 0 spiro atoms. The molecule has 0 bridgehead atoms. The van der Waals surface area contributed by atoms with Gasteiger partial charge in [0.05, 0.1) is 19.1 Å². The Morgan fingerprint density at radius 1 is 1.12 bits per heavy atom. The summed E-state index contributed by atoms with van der Waals surface area (Å²) in [5, 5.41) is 11.6. The lowest BCUT2D eigenvalue weighted by Gasteiger charge is -2.40. The summed E-state index contributed by atoms with van der Waals surface area (Å²) in [5.74, 6) is 0.258. The number of aryl methyl sites for hydroxylation is 1. The van der Waals surface area contributed by atoms with Crippen LogP contribution in [0.5, 0.6) is 5.75 Å². The van der Waals surface area contributed by atoms with Crippen molar-refractivity contribution in [1.29, 1.82) is 0 Å². The van der Waals surface area contributed by atoms with Crippen molar-refractivity contribution in [2.75, 3.05) is 12.0 Å². The molecule has 172 valence electrons. The summed E-state index contributed by atoms with van der Waals surface area (Å²) in [4.78, 5) is 28.0. The van der Waals surface area contributed by atoms with Crippen molar-refractivity contribution in [1.82, 2.24) is 20.2 Å². The zero-order chi connectivity index (χ0) is 23.2. The van der Waals surface area contributed by atoms with Crippen molar-refractivity contribution >= 4 is 17.6 Å². The van der Waals surface area contributed by atoms with E-state index in [0.29, 0.717) is 30.2 Å². The number of hydrogen-bond acceptors (Lipinski definition) is 7. The van der Waals surface area contributed by atoms with Gasteiger partial charge in [-0.25, -0.2) is 4.68 Å². The van der Waals surface area contributed by atoms with Crippen LogP contribution in [0.1, 0.15) is 43.6 Å². The fraction of sp³-hybridized carbons (Fsp3) is 0.375. The van der Waals surface area contributed by atoms with Gasteiger partial charge in [-0.15, -0.1) is 5.10 Å². The first kappa shape index (κ1) is 22.4. The number of amides is 1. The van der Waals surface area contributed by atoms with Gasteiger partial charge in [0, 0.05) is 18.7 Å². The van der Waals surface area contributed by atoms with E-state index in [-0.39, 0.29) is 24.9 Å². The van der Waals surface area contributed by atoms with Crippen LogP contribution >= 0.6 is 0 Å². The number of hydrogen-bond donors (Lipinski definition) is 0. The maximum absolute atomic E-state index is 13.3. The minimum atomic E-state index is -0.525. The molecule has 1 saturated heterocycles. The van der Waals surface area contributed by atoms with Gasteiger partial charge in [0.2, 0.25) is 5.91 Å². The highest BCUT2D eigenvalue weighted by Gasteiger charge is 2.42. The van der Waals surface area contributed by atoms with E-state index in [2.05, 4.69) is 15.5 Å². The third-order valence-electron chi connectivity index (χ3n) is 5.78. The Morgan fingerprint density at radius 2 is 1.88 bits per heavy atom. The van der Waals surface area contributed by atoms with Gasteiger partial charge in [-0.2, -0.15) is 0 Å². The van der Waals surface area contributed by atoms with E-state index in [1.807, 2.05) is 49.4 Å². The second kappa shape index (κ2) is 10.2. The highest BCUT2D eigenvalue weighted by atomic mass is 16.5. The molecule has 2 aromatic carbocycles. The van der Waals surface area contributed by atoms with Gasteiger partial charge in [-0.3, -0.25) is 9.59 Å². The number of carbonyl (C=O) groups excluding carboxylic acids is 2. The number of benzene rings is 2. The molecule has 9 nitrogen and oxygen atoms in total. The first-order valence-electron chi connectivity index (χ1n) is 11.0. The van der Waals surface area contributed by atoms with Gasteiger partial charge in [0.1, 0.15) is 5.75 Å². The predicted molar refractivity (Wildman–Crippen MR) is 120 cm³/mol. The summed E-state index contributed by atoms with van der Waals surface area (Å²) in [5.41, 5.74) is 1.58. The van der Waals surface area contributed by atoms with Crippen LogP contribution in [0, 0.1) is 5.92 Å². The average Bonchev–Trinajstić information content (AvgIpc) is 3.30. The molecule has 2 atom stereocenters. The molecule has 9 heteroatoms. The molecule has 2 unspecified atom stereocenters. The Morgan fingerprint density at radius 3 is 2.58 bits per heavy atom. The van der Waals surface area contributed by atoms with E-state index in [9.17, 15) is 9.59 Å². The second-order valence-electron chi connectivity index (χ2n) is 7.89. The van der Waals surface area contributed by atoms with Crippen LogP contribution in [0.2, 0.25) is 0 Å². The minimum Gasteiger partial charge on any atom is -0.497 e. The van der Waals surface area contributed by atoms with E-state index in [0.717, 1.165) is 12.0 Å². The summed E-state index contributed by atoms with van der Waals surface area (Å²) in [6.07, 6.45) is 1.52. The number of esters is 1. The summed E-state index contributed by atoms with van der Waals surface area (Å²) in [6, 6.07) is 16.4. The molecule has 4 rings (SSSR count). The number of piperidine rings is 1. The Hall–Kier alpha value is -3.75. The summed E-state index contributed by atoms with van der Waals surface area (Å²) >= 11 is 0. The monoisotopic (exact) mass is 449 g/mol. The third kappa shape index (κ3) is 4.87. The van der Waals surface area contributed by atoms with Crippen LogP contribution in [-0.2, 0) is 27.5 Å². The van der Waals surface area contributed by atoms with E-state index < -0.39 is 12.0 Å². The Bertz CT molecular complexity index is 1080. The highest BCUT2D eigenvalue weighted by Crippen LogP contribution is 2.41. The van der Waals surface area contributed by atoms with E-state index >= 15 is 0 Å². The van der Waals surface area contributed by atoms with Gasteiger partial charge >= 0.3 is 5.97 Å². The topological polar surface area (TPSA) is 99.4 Å². The number of tetrazole rings is 1. The van der Waals surface area contributed by atoms with Crippen LogP contribution < -0.4 is 9.64 Å². The van der Waals surface area contributed by atoms with Crippen molar-refractivity contribution in [3.8, 4) is 5.75 Å². The first-order chi connectivity index (χ1) is 16.1. The van der Waals surface area contributed by atoms with Gasteiger partial charge in [-0.1, -0.05) is 37.3 Å². The van der Waals surface area contributed by atoms with Crippen LogP contribution in [0.25, 0.3) is 0 Å². The fourth-order valence-electron chi connectivity index (χ4n) is 4.17. The number of anilines is 1. The number of ether oxygens (including phenoxy) is 2. The highest BCUT2D eigenvalue weighted by molar-refractivity contribution is 5.97. The molecule has 1 aliphatic heterocycles. The molecule has 1 amide bonds. The fourth-order valence-corrected chi connectivity index (χ4v) is 4.17. The zero-order valence-corrected chi connectivity index (χ0v) is 18.8. The quantitative estimate of drug-likeness (QED) is 0.487. The molecule has 1 fully saturated rings. The summed E-state index contributed by atoms with van der Waals surface area (Å²) < 4.78 is 12.5. The molecular formula is C24H27N5O4. The van der Waals surface area contributed by atoms with Gasteiger partial charge in [0.25, 0.3) is 0 Å². The predicted octanol–water partition coefficient (Wildman–Crippen LogP) is 3.32. The molecule has 3 aromatic rings.